The van der Waals surface area contributed by atoms with Crippen LogP contribution in [0.1, 0.15) is 18.4 Å². The van der Waals surface area contributed by atoms with Crippen LogP contribution in [0.5, 0.6) is 0 Å². The summed E-state index contributed by atoms with van der Waals surface area (Å²) >= 11 is 5.24. The number of benzene rings is 1. The maximum absolute atomic E-state index is 3.56. The van der Waals surface area contributed by atoms with E-state index >= 15 is 0 Å². The van der Waals surface area contributed by atoms with Crippen LogP contribution in [0, 0.1) is 0 Å². The number of halogens is 1. The van der Waals surface area contributed by atoms with Crippen LogP contribution < -0.4 is 10.2 Å². The lowest BCUT2D eigenvalue weighted by molar-refractivity contribution is 0.949. The molecular weight excluding hydrogens is 320 g/mol. The molecule has 0 bridgehead atoms. The van der Waals surface area contributed by atoms with Crippen molar-refractivity contribution in [3.63, 3.8) is 0 Å². The van der Waals surface area contributed by atoms with Crippen LogP contribution in [-0.2, 0) is 6.54 Å². The summed E-state index contributed by atoms with van der Waals surface area (Å²) in [6, 6.07) is 10.8. The zero-order valence-electron chi connectivity index (χ0n) is 10.7. The van der Waals surface area contributed by atoms with Crippen LogP contribution in [0.3, 0.4) is 0 Å². The highest BCUT2D eigenvalue weighted by Crippen LogP contribution is 2.29. The van der Waals surface area contributed by atoms with E-state index in [2.05, 4.69) is 61.9 Å². The van der Waals surface area contributed by atoms with Crippen molar-refractivity contribution in [3.8, 4) is 0 Å². The molecular formula is C15H17BrN2S. The Labute approximate surface area is 126 Å². The average Bonchev–Trinajstić information content (AvgIpc) is 3.08. The zero-order valence-corrected chi connectivity index (χ0v) is 13.1. The first kappa shape index (κ1) is 13.0. The van der Waals surface area contributed by atoms with Gasteiger partial charge in [-0.2, -0.15) is 0 Å². The summed E-state index contributed by atoms with van der Waals surface area (Å²) in [7, 11) is 0. The Morgan fingerprint density at radius 1 is 1.21 bits per heavy atom. The molecule has 1 N–H and O–H groups in total. The molecule has 0 unspecified atom stereocenters. The van der Waals surface area contributed by atoms with Crippen LogP contribution in [0.2, 0.25) is 0 Å². The molecule has 0 atom stereocenters. The smallest absolute Gasteiger partial charge is 0.0701 e. The maximum Gasteiger partial charge on any atom is 0.0701 e. The highest BCUT2D eigenvalue weighted by Gasteiger charge is 2.15. The van der Waals surface area contributed by atoms with E-state index in [-0.39, 0.29) is 0 Å². The second-order valence-electron chi connectivity index (χ2n) is 4.82. The molecule has 1 aliphatic rings. The summed E-state index contributed by atoms with van der Waals surface area (Å²) in [5, 5.41) is 5.75. The summed E-state index contributed by atoms with van der Waals surface area (Å²) in [5.41, 5.74) is 3.91. The second kappa shape index (κ2) is 5.97. The molecule has 1 aromatic carbocycles. The van der Waals surface area contributed by atoms with E-state index in [1.54, 1.807) is 11.3 Å². The van der Waals surface area contributed by atoms with Crippen molar-refractivity contribution in [1.29, 1.82) is 0 Å². The van der Waals surface area contributed by atoms with Crippen molar-refractivity contribution in [2.24, 2.45) is 0 Å². The van der Waals surface area contributed by atoms with Crippen LogP contribution >= 0.6 is 27.3 Å². The zero-order chi connectivity index (χ0) is 13.1. The lowest BCUT2D eigenvalue weighted by Gasteiger charge is -2.21. The lowest BCUT2D eigenvalue weighted by atomic mass is 10.2. The molecule has 3 rings (SSSR count). The van der Waals surface area contributed by atoms with Gasteiger partial charge in [-0.15, -0.1) is 11.3 Å². The Morgan fingerprint density at radius 2 is 2.00 bits per heavy atom. The summed E-state index contributed by atoms with van der Waals surface area (Å²) in [6.07, 6.45) is 2.62. The van der Waals surface area contributed by atoms with Gasteiger partial charge in [0.25, 0.3) is 0 Å². The third kappa shape index (κ3) is 3.12. The number of rotatable bonds is 4. The molecule has 0 radical (unpaired) electrons. The van der Waals surface area contributed by atoms with Gasteiger partial charge in [-0.1, -0.05) is 12.1 Å². The molecule has 0 saturated carbocycles. The van der Waals surface area contributed by atoms with E-state index in [9.17, 15) is 0 Å². The molecule has 0 spiro atoms. The van der Waals surface area contributed by atoms with Crippen LogP contribution in [0.4, 0.5) is 11.4 Å². The Morgan fingerprint density at radius 3 is 2.74 bits per heavy atom. The highest BCUT2D eigenvalue weighted by molar-refractivity contribution is 9.11. The first-order valence-corrected chi connectivity index (χ1v) is 8.31. The number of para-hydroxylation sites is 2. The Bertz CT molecular complexity index is 547. The minimum atomic E-state index is 0.882. The van der Waals surface area contributed by atoms with Gasteiger partial charge in [0.15, 0.2) is 0 Å². The van der Waals surface area contributed by atoms with Crippen LogP contribution in [0.15, 0.2) is 39.5 Å². The van der Waals surface area contributed by atoms with Gasteiger partial charge in [-0.3, -0.25) is 0 Å². The first-order valence-electron chi connectivity index (χ1n) is 6.64. The van der Waals surface area contributed by atoms with Crippen molar-refractivity contribution in [1.82, 2.24) is 0 Å². The molecule has 2 heterocycles. The molecule has 1 saturated heterocycles. The summed E-state index contributed by atoms with van der Waals surface area (Å²) in [5.74, 6) is 0. The van der Waals surface area contributed by atoms with Gasteiger partial charge >= 0.3 is 0 Å². The fourth-order valence-electron chi connectivity index (χ4n) is 2.49. The summed E-state index contributed by atoms with van der Waals surface area (Å²) < 4.78 is 1.19. The first-order chi connectivity index (χ1) is 9.33. The number of thiophene rings is 1. The number of nitrogens with one attached hydrogen (secondary N) is 1. The van der Waals surface area contributed by atoms with Gasteiger partial charge in [0, 0.05) is 19.6 Å². The second-order valence-corrected chi connectivity index (χ2v) is 7.11. The monoisotopic (exact) mass is 336 g/mol. The molecule has 0 aliphatic carbocycles. The predicted octanol–water partition coefficient (Wildman–Crippen LogP) is 4.72. The molecule has 2 aromatic rings. The maximum atomic E-state index is 3.56. The fourth-order valence-corrected chi connectivity index (χ4v) is 3.70. The van der Waals surface area contributed by atoms with Crippen molar-refractivity contribution >= 4 is 38.6 Å². The van der Waals surface area contributed by atoms with E-state index < -0.39 is 0 Å². The molecule has 1 aromatic heterocycles. The van der Waals surface area contributed by atoms with Gasteiger partial charge in [0.05, 0.1) is 15.2 Å². The van der Waals surface area contributed by atoms with Crippen molar-refractivity contribution in [3.05, 3.63) is 45.1 Å². The topological polar surface area (TPSA) is 15.3 Å². The van der Waals surface area contributed by atoms with Gasteiger partial charge in [0.2, 0.25) is 0 Å². The third-order valence-corrected chi connectivity index (χ3v) is 5.01. The number of hydrogen-bond acceptors (Lipinski definition) is 3. The third-order valence-electron chi connectivity index (χ3n) is 3.46. The quantitative estimate of drug-likeness (QED) is 0.868. The average molecular weight is 337 g/mol. The summed E-state index contributed by atoms with van der Waals surface area (Å²) in [4.78, 5) is 2.48. The Balaban J connectivity index is 1.73. The van der Waals surface area contributed by atoms with E-state index in [0.717, 1.165) is 6.54 Å². The molecule has 4 heteroatoms. The fraction of sp³-hybridized carbons (Fsp3) is 0.333. The van der Waals surface area contributed by atoms with Gasteiger partial charge in [0.1, 0.15) is 0 Å². The molecule has 1 fully saturated rings. The van der Waals surface area contributed by atoms with Crippen molar-refractivity contribution in [2.75, 3.05) is 23.3 Å². The minimum Gasteiger partial charge on any atom is -0.379 e. The highest BCUT2D eigenvalue weighted by atomic mass is 79.9. The van der Waals surface area contributed by atoms with Crippen molar-refractivity contribution < 1.29 is 0 Å². The van der Waals surface area contributed by atoms with E-state index in [1.165, 1.54) is 46.7 Å². The normalized spacial score (nSPS) is 14.9. The Hall–Kier alpha value is -1.00. The van der Waals surface area contributed by atoms with Gasteiger partial charge < -0.3 is 10.2 Å². The van der Waals surface area contributed by atoms with Gasteiger partial charge in [-0.25, -0.2) is 0 Å². The van der Waals surface area contributed by atoms with Crippen molar-refractivity contribution in [2.45, 2.75) is 19.4 Å². The minimum absolute atomic E-state index is 0.882. The Kier molecular flexibility index (Phi) is 4.09. The SMILES string of the molecule is Brc1cc(CNc2ccccc2N2CCCC2)cs1. The number of hydrogen-bond donors (Lipinski definition) is 1. The van der Waals surface area contributed by atoms with Crippen LogP contribution in [0.25, 0.3) is 0 Å². The largest absolute Gasteiger partial charge is 0.379 e. The predicted molar refractivity (Wildman–Crippen MR) is 87.2 cm³/mol. The molecule has 2 nitrogen and oxygen atoms in total. The summed E-state index contributed by atoms with van der Waals surface area (Å²) in [6.45, 7) is 3.25. The number of anilines is 2. The van der Waals surface area contributed by atoms with E-state index in [4.69, 9.17) is 0 Å². The van der Waals surface area contributed by atoms with Gasteiger partial charge in [-0.05, 0) is 57.9 Å². The standard InChI is InChI=1S/C15H17BrN2S/c16-15-9-12(11-19-15)10-17-13-5-1-2-6-14(13)18-7-3-4-8-18/h1-2,5-6,9,11,17H,3-4,7-8,10H2. The molecule has 1 aliphatic heterocycles. The van der Waals surface area contributed by atoms with E-state index in [0.29, 0.717) is 0 Å². The van der Waals surface area contributed by atoms with E-state index in [1.807, 2.05) is 0 Å². The molecule has 0 amide bonds. The molecule has 100 valence electrons. The molecule has 19 heavy (non-hydrogen) atoms. The van der Waals surface area contributed by atoms with Crippen LogP contribution in [-0.4, -0.2) is 13.1 Å². The number of nitrogens with zero attached hydrogens (tertiary/aromatic N) is 1. The lowest BCUT2D eigenvalue weighted by Crippen LogP contribution is -2.19.